The molecule has 78 valence electrons. The third-order valence-corrected chi connectivity index (χ3v) is 2.86. The minimum atomic E-state index is -0.836. The number of benzene rings is 1. The Morgan fingerprint density at radius 3 is 2.87 bits per heavy atom. The van der Waals surface area contributed by atoms with Gasteiger partial charge in [0.15, 0.2) is 0 Å². The van der Waals surface area contributed by atoms with Crippen LogP contribution in [0.25, 0.3) is 0 Å². The molecule has 0 fully saturated rings. The first kappa shape index (κ1) is 11.7. The normalized spacial score (nSPS) is 11.8. The number of carboxylic acid groups (broad SMARTS) is 1. The number of halogens is 1. The first-order valence-electron chi connectivity index (χ1n) is 4.46. The lowest BCUT2D eigenvalue weighted by Gasteiger charge is -2.11. The maximum absolute atomic E-state index is 10.6. The third kappa shape index (κ3) is 3.07. The molecule has 0 amide bonds. The molecule has 0 aliphatic heterocycles. The van der Waals surface area contributed by atoms with Crippen LogP contribution in [0.3, 0.4) is 0 Å². The quantitative estimate of drug-likeness (QED) is 0.916. The van der Waals surface area contributed by atoms with E-state index in [9.17, 15) is 4.79 Å². The van der Waals surface area contributed by atoms with Crippen molar-refractivity contribution in [1.82, 2.24) is 0 Å². The van der Waals surface area contributed by atoms with Crippen LogP contribution in [0.5, 0.6) is 0 Å². The number of carboxylic acids is 1. The number of carbonyl (C=O) groups is 1. The zero-order valence-electron chi connectivity index (χ0n) is 8.20. The summed E-state index contributed by atoms with van der Waals surface area (Å²) >= 11 is 3.35. The van der Waals surface area contributed by atoms with Crippen molar-refractivity contribution in [2.75, 3.05) is 0 Å². The van der Waals surface area contributed by atoms with Crippen LogP contribution in [0.1, 0.15) is 30.4 Å². The van der Waals surface area contributed by atoms with Gasteiger partial charge in [0.2, 0.25) is 0 Å². The zero-order valence-corrected chi connectivity index (χ0v) is 9.78. The second kappa shape index (κ2) is 4.94. The third-order valence-electron chi connectivity index (χ3n) is 2.14. The first-order valence-corrected chi connectivity index (χ1v) is 5.25. The topological polar surface area (TPSA) is 61.1 Å². The highest BCUT2D eigenvalue weighted by molar-refractivity contribution is 9.10. The van der Waals surface area contributed by atoms with Crippen molar-refractivity contribution in [2.45, 2.75) is 19.3 Å². The molecule has 4 heteroatoms. The van der Waals surface area contributed by atoms with E-state index in [0.29, 0.717) is 5.56 Å². The van der Waals surface area contributed by atoms with Crippen LogP contribution >= 0.6 is 15.9 Å². The molecule has 1 aromatic rings. The molecule has 0 radical (unpaired) electrons. The van der Waals surface area contributed by atoms with E-state index < -0.39 is 5.97 Å². The Morgan fingerprint density at radius 1 is 1.67 bits per heavy atom. The summed E-state index contributed by atoms with van der Waals surface area (Å²) in [6, 6.07) is 7.22. The largest absolute Gasteiger partial charge is 0.481 e. The number of hydrogen-bond acceptors (Lipinski definition) is 2. The molecule has 15 heavy (non-hydrogen) atoms. The van der Waals surface area contributed by atoms with Crippen molar-refractivity contribution in [1.29, 1.82) is 5.26 Å². The fraction of sp³-hybridized carbons (Fsp3) is 0.273. The van der Waals surface area contributed by atoms with Crippen molar-refractivity contribution >= 4 is 21.9 Å². The Hall–Kier alpha value is -1.34. The van der Waals surface area contributed by atoms with Gasteiger partial charge in [-0.3, -0.25) is 4.79 Å². The molecule has 0 aliphatic rings. The SMILES string of the molecule is CC(CC(=O)O)c1cc(C#N)ccc1Br. The van der Waals surface area contributed by atoms with E-state index in [2.05, 4.69) is 15.9 Å². The molecule has 1 aromatic carbocycles. The van der Waals surface area contributed by atoms with Crippen molar-refractivity contribution < 1.29 is 9.90 Å². The summed E-state index contributed by atoms with van der Waals surface area (Å²) in [5, 5.41) is 17.4. The molecular formula is C11H10BrNO2. The van der Waals surface area contributed by atoms with E-state index in [-0.39, 0.29) is 12.3 Å². The number of nitriles is 1. The van der Waals surface area contributed by atoms with Crippen molar-refractivity contribution in [3.63, 3.8) is 0 Å². The monoisotopic (exact) mass is 267 g/mol. The summed E-state index contributed by atoms with van der Waals surface area (Å²) in [5.41, 5.74) is 1.40. The van der Waals surface area contributed by atoms with E-state index in [1.807, 2.05) is 13.0 Å². The summed E-state index contributed by atoms with van der Waals surface area (Å²) in [4.78, 5) is 10.6. The van der Waals surface area contributed by atoms with Gasteiger partial charge >= 0.3 is 5.97 Å². The Morgan fingerprint density at radius 2 is 2.33 bits per heavy atom. The van der Waals surface area contributed by atoms with Crippen molar-refractivity contribution in [3.8, 4) is 6.07 Å². The van der Waals surface area contributed by atoms with Gasteiger partial charge in [-0.05, 0) is 29.7 Å². The Bertz CT molecular complexity index is 423. The molecule has 0 spiro atoms. The average Bonchev–Trinajstić information content (AvgIpc) is 2.17. The number of rotatable bonds is 3. The lowest BCUT2D eigenvalue weighted by molar-refractivity contribution is -0.137. The van der Waals surface area contributed by atoms with Crippen LogP contribution in [0, 0.1) is 11.3 Å². The van der Waals surface area contributed by atoms with Gasteiger partial charge in [0.05, 0.1) is 18.1 Å². The minimum absolute atomic E-state index is 0.0630. The van der Waals surface area contributed by atoms with E-state index in [1.54, 1.807) is 18.2 Å². The molecule has 1 N–H and O–H groups in total. The fourth-order valence-corrected chi connectivity index (χ4v) is 2.00. The van der Waals surface area contributed by atoms with E-state index in [4.69, 9.17) is 10.4 Å². The fourth-order valence-electron chi connectivity index (χ4n) is 1.36. The van der Waals surface area contributed by atoms with E-state index >= 15 is 0 Å². The van der Waals surface area contributed by atoms with Crippen LogP contribution in [0.4, 0.5) is 0 Å². The number of hydrogen-bond donors (Lipinski definition) is 1. The molecule has 0 aromatic heterocycles. The Labute approximate surface area is 96.5 Å². The van der Waals surface area contributed by atoms with E-state index in [1.165, 1.54) is 0 Å². The molecule has 0 aliphatic carbocycles. The molecule has 1 rings (SSSR count). The molecule has 0 saturated heterocycles. The second-order valence-electron chi connectivity index (χ2n) is 3.35. The Kier molecular flexibility index (Phi) is 3.87. The van der Waals surface area contributed by atoms with Crippen LogP contribution in [0.15, 0.2) is 22.7 Å². The molecule has 0 saturated carbocycles. The molecular weight excluding hydrogens is 258 g/mol. The van der Waals surface area contributed by atoms with E-state index in [0.717, 1.165) is 10.0 Å². The maximum atomic E-state index is 10.6. The number of nitrogens with zero attached hydrogens (tertiary/aromatic N) is 1. The molecule has 0 bridgehead atoms. The van der Waals surface area contributed by atoms with Crippen LogP contribution < -0.4 is 0 Å². The van der Waals surface area contributed by atoms with Gasteiger partial charge in [0.25, 0.3) is 0 Å². The summed E-state index contributed by atoms with van der Waals surface area (Å²) in [6.45, 7) is 1.83. The standard InChI is InChI=1S/C11H10BrNO2/c1-7(4-11(14)15)9-5-8(6-13)2-3-10(9)12/h2-3,5,7H,4H2,1H3,(H,14,15). The zero-order chi connectivity index (χ0) is 11.4. The van der Waals surface area contributed by atoms with Gasteiger partial charge < -0.3 is 5.11 Å². The summed E-state index contributed by atoms with van der Waals surface area (Å²) in [6.07, 6.45) is 0.0630. The van der Waals surface area contributed by atoms with Gasteiger partial charge in [-0.25, -0.2) is 0 Å². The highest BCUT2D eigenvalue weighted by Gasteiger charge is 2.13. The van der Waals surface area contributed by atoms with Gasteiger partial charge in [0, 0.05) is 4.47 Å². The summed E-state index contributed by atoms with van der Waals surface area (Å²) in [7, 11) is 0. The average molecular weight is 268 g/mol. The minimum Gasteiger partial charge on any atom is -0.481 e. The van der Waals surface area contributed by atoms with Crippen LogP contribution in [-0.2, 0) is 4.79 Å². The summed E-state index contributed by atoms with van der Waals surface area (Å²) < 4.78 is 0.843. The second-order valence-corrected chi connectivity index (χ2v) is 4.20. The lowest BCUT2D eigenvalue weighted by Crippen LogP contribution is -2.03. The molecule has 0 heterocycles. The molecule has 3 nitrogen and oxygen atoms in total. The molecule has 1 atom stereocenters. The highest BCUT2D eigenvalue weighted by atomic mass is 79.9. The van der Waals surface area contributed by atoms with Crippen LogP contribution in [-0.4, -0.2) is 11.1 Å². The first-order chi connectivity index (χ1) is 7.04. The summed E-state index contributed by atoms with van der Waals surface area (Å²) in [5.74, 6) is -0.943. The number of aliphatic carboxylic acids is 1. The van der Waals surface area contributed by atoms with Gasteiger partial charge in [-0.1, -0.05) is 22.9 Å². The maximum Gasteiger partial charge on any atom is 0.303 e. The van der Waals surface area contributed by atoms with Gasteiger partial charge in [-0.15, -0.1) is 0 Å². The lowest BCUT2D eigenvalue weighted by atomic mass is 9.96. The van der Waals surface area contributed by atoms with Crippen molar-refractivity contribution in [2.24, 2.45) is 0 Å². The smallest absolute Gasteiger partial charge is 0.303 e. The Balaban J connectivity index is 3.02. The van der Waals surface area contributed by atoms with Crippen LogP contribution in [0.2, 0.25) is 0 Å². The van der Waals surface area contributed by atoms with Gasteiger partial charge in [-0.2, -0.15) is 5.26 Å². The highest BCUT2D eigenvalue weighted by Crippen LogP contribution is 2.28. The molecule has 1 unspecified atom stereocenters. The van der Waals surface area contributed by atoms with Crippen molar-refractivity contribution in [3.05, 3.63) is 33.8 Å². The predicted molar refractivity (Wildman–Crippen MR) is 59.5 cm³/mol. The predicted octanol–water partition coefficient (Wildman–Crippen LogP) is 2.90. The van der Waals surface area contributed by atoms with Gasteiger partial charge in [0.1, 0.15) is 0 Å².